The first kappa shape index (κ1) is 9.13. The van der Waals surface area contributed by atoms with Gasteiger partial charge in [-0.2, -0.15) is 0 Å². The molecule has 7 heteroatoms. The van der Waals surface area contributed by atoms with Crippen molar-refractivity contribution in [2.45, 2.75) is 0 Å². The van der Waals surface area contributed by atoms with Gasteiger partial charge in [-0.3, -0.25) is 19.9 Å². The van der Waals surface area contributed by atoms with Gasteiger partial charge in [0.15, 0.2) is 0 Å². The van der Waals surface area contributed by atoms with Crippen molar-refractivity contribution >= 4 is 16.6 Å². The summed E-state index contributed by atoms with van der Waals surface area (Å²) in [5.74, 6) is -0.660. The normalized spacial score (nSPS) is 10.4. The third-order valence-electron chi connectivity index (χ3n) is 1.95. The molecule has 0 aliphatic rings. The molecule has 0 amide bonds. The van der Waals surface area contributed by atoms with Crippen molar-refractivity contribution in [3.05, 3.63) is 38.9 Å². The average molecular weight is 207 g/mol. The fourth-order valence-electron chi connectivity index (χ4n) is 1.28. The van der Waals surface area contributed by atoms with Crippen LogP contribution in [0.1, 0.15) is 0 Å². The fraction of sp³-hybridized carbons (Fsp3) is 0. The van der Waals surface area contributed by atoms with E-state index >= 15 is 0 Å². The molecule has 0 spiro atoms. The van der Waals surface area contributed by atoms with Crippen molar-refractivity contribution in [1.29, 1.82) is 0 Å². The molecular weight excluding hydrogens is 202 g/mol. The van der Waals surface area contributed by atoms with E-state index in [1.54, 1.807) is 0 Å². The van der Waals surface area contributed by atoms with Crippen molar-refractivity contribution in [1.82, 2.24) is 9.97 Å². The molecule has 2 heterocycles. The summed E-state index contributed by atoms with van der Waals surface area (Å²) in [6.07, 6.45) is 2.65. The van der Waals surface area contributed by atoms with Crippen molar-refractivity contribution in [2.75, 3.05) is 0 Å². The van der Waals surface area contributed by atoms with E-state index in [1.807, 2.05) is 0 Å². The number of nitro groups is 1. The maximum atomic E-state index is 11.2. The maximum absolute atomic E-state index is 11.2. The Balaban J connectivity index is 2.97. The van der Waals surface area contributed by atoms with Crippen LogP contribution in [0.15, 0.2) is 23.3 Å². The largest absolute Gasteiger partial charge is 0.501 e. The van der Waals surface area contributed by atoms with Gasteiger partial charge in [0, 0.05) is 12.4 Å². The Bertz CT molecular complexity index is 604. The molecule has 0 atom stereocenters. The molecule has 0 saturated carbocycles. The zero-order valence-electron chi connectivity index (χ0n) is 7.30. The van der Waals surface area contributed by atoms with Crippen LogP contribution < -0.4 is 5.56 Å². The van der Waals surface area contributed by atoms with Crippen molar-refractivity contribution in [3.8, 4) is 5.75 Å². The molecule has 7 nitrogen and oxygen atoms in total. The molecule has 0 radical (unpaired) electrons. The van der Waals surface area contributed by atoms with Crippen LogP contribution in [0.2, 0.25) is 0 Å². The third-order valence-corrected chi connectivity index (χ3v) is 1.95. The van der Waals surface area contributed by atoms with Gasteiger partial charge in [0.2, 0.25) is 5.75 Å². The smallest absolute Gasteiger partial charge is 0.375 e. The van der Waals surface area contributed by atoms with Crippen LogP contribution in [-0.2, 0) is 0 Å². The Morgan fingerprint density at radius 2 is 2.27 bits per heavy atom. The molecule has 0 unspecified atom stereocenters. The maximum Gasteiger partial charge on any atom is 0.375 e. The number of aromatic hydroxyl groups is 1. The number of nitrogens with zero attached hydrogens (tertiary/aromatic N) is 2. The number of H-pyrrole nitrogens is 1. The van der Waals surface area contributed by atoms with Crippen LogP contribution in [0.5, 0.6) is 5.75 Å². The first-order valence-corrected chi connectivity index (χ1v) is 3.94. The molecule has 2 N–H and O–H groups in total. The molecule has 2 rings (SSSR count). The molecule has 0 fully saturated rings. The minimum absolute atomic E-state index is 0.142. The molecule has 2 aromatic rings. The zero-order valence-corrected chi connectivity index (χ0v) is 7.30. The summed E-state index contributed by atoms with van der Waals surface area (Å²) in [6, 6.07) is 1.44. The Hall–Kier alpha value is -2.44. The Morgan fingerprint density at radius 3 is 2.93 bits per heavy atom. The summed E-state index contributed by atoms with van der Waals surface area (Å²) >= 11 is 0. The Kier molecular flexibility index (Phi) is 1.86. The van der Waals surface area contributed by atoms with Gasteiger partial charge in [-0.15, -0.1) is 0 Å². The SMILES string of the molecule is O=c1[nH]c2ccncc2c(O)c1[N+](=O)[O-]. The average Bonchev–Trinajstić information content (AvgIpc) is 2.17. The fourth-order valence-corrected chi connectivity index (χ4v) is 1.28. The van der Waals surface area contributed by atoms with Crippen LogP contribution in [0.4, 0.5) is 5.69 Å². The van der Waals surface area contributed by atoms with E-state index < -0.39 is 21.9 Å². The Morgan fingerprint density at radius 1 is 1.53 bits per heavy atom. The van der Waals surface area contributed by atoms with Gasteiger partial charge < -0.3 is 10.1 Å². The summed E-state index contributed by atoms with van der Waals surface area (Å²) in [7, 11) is 0. The number of pyridine rings is 2. The minimum Gasteiger partial charge on any atom is -0.501 e. The van der Waals surface area contributed by atoms with E-state index in [9.17, 15) is 20.0 Å². The van der Waals surface area contributed by atoms with Gasteiger partial charge in [0.05, 0.1) is 15.8 Å². The van der Waals surface area contributed by atoms with Gasteiger partial charge in [-0.25, -0.2) is 0 Å². The lowest BCUT2D eigenvalue weighted by Gasteiger charge is -1.99. The van der Waals surface area contributed by atoms with Gasteiger partial charge in [0.25, 0.3) is 0 Å². The number of aromatic amines is 1. The molecule has 0 saturated heterocycles. The minimum atomic E-state index is -0.934. The monoisotopic (exact) mass is 207 g/mol. The second-order valence-electron chi connectivity index (χ2n) is 2.83. The number of rotatable bonds is 1. The van der Waals surface area contributed by atoms with Gasteiger partial charge in [0.1, 0.15) is 0 Å². The molecule has 0 aliphatic heterocycles. The van der Waals surface area contributed by atoms with E-state index in [2.05, 4.69) is 9.97 Å². The lowest BCUT2D eigenvalue weighted by Crippen LogP contribution is -2.11. The second-order valence-corrected chi connectivity index (χ2v) is 2.83. The highest BCUT2D eigenvalue weighted by Gasteiger charge is 2.21. The van der Waals surface area contributed by atoms with Gasteiger partial charge in [-0.05, 0) is 6.07 Å². The summed E-state index contributed by atoms with van der Waals surface area (Å²) in [5.41, 5.74) is -1.50. The standard InChI is InChI=1S/C8H5N3O4/c12-7-4-3-9-2-1-5(4)10-8(13)6(7)11(14)15/h1-3H,(H2,10,12,13). The van der Waals surface area contributed by atoms with Crippen LogP contribution in [-0.4, -0.2) is 20.0 Å². The topological polar surface area (TPSA) is 109 Å². The highest BCUT2D eigenvalue weighted by molar-refractivity contribution is 5.86. The summed E-state index contributed by atoms with van der Waals surface area (Å²) in [4.78, 5) is 26.8. The lowest BCUT2D eigenvalue weighted by molar-refractivity contribution is -0.387. The van der Waals surface area contributed by atoms with Crippen molar-refractivity contribution in [3.63, 3.8) is 0 Å². The molecule has 15 heavy (non-hydrogen) atoms. The van der Waals surface area contributed by atoms with Crippen LogP contribution in [0.25, 0.3) is 10.9 Å². The van der Waals surface area contributed by atoms with Crippen molar-refractivity contribution in [2.24, 2.45) is 0 Å². The summed E-state index contributed by atoms with van der Waals surface area (Å²) < 4.78 is 0. The highest BCUT2D eigenvalue weighted by atomic mass is 16.6. The summed E-state index contributed by atoms with van der Waals surface area (Å²) in [6.45, 7) is 0. The second kappa shape index (κ2) is 3.05. The van der Waals surface area contributed by atoms with Crippen LogP contribution in [0, 0.1) is 10.1 Å². The first-order chi connectivity index (χ1) is 7.11. The van der Waals surface area contributed by atoms with E-state index in [0.717, 1.165) is 0 Å². The summed E-state index contributed by atoms with van der Waals surface area (Å²) in [5, 5.41) is 20.1. The number of hydrogen-bond donors (Lipinski definition) is 2. The number of fused-ring (bicyclic) bond motifs is 1. The van der Waals surface area contributed by atoms with Gasteiger partial charge in [-0.1, -0.05) is 0 Å². The molecular formula is C8H5N3O4. The molecule has 76 valence electrons. The molecule has 2 aromatic heterocycles. The Labute approximate surface area is 82.2 Å². The van der Waals surface area contributed by atoms with E-state index in [4.69, 9.17) is 0 Å². The quantitative estimate of drug-likeness (QED) is 0.523. The number of hydrogen-bond acceptors (Lipinski definition) is 5. The lowest BCUT2D eigenvalue weighted by atomic mass is 10.2. The van der Waals surface area contributed by atoms with E-state index in [1.165, 1.54) is 18.5 Å². The van der Waals surface area contributed by atoms with E-state index in [-0.39, 0.29) is 5.39 Å². The number of aromatic nitrogens is 2. The predicted molar refractivity (Wildman–Crippen MR) is 50.7 cm³/mol. The van der Waals surface area contributed by atoms with Gasteiger partial charge >= 0.3 is 11.2 Å². The molecule has 0 aliphatic carbocycles. The first-order valence-electron chi connectivity index (χ1n) is 3.94. The predicted octanol–water partition coefficient (Wildman–Crippen LogP) is 0.537. The van der Waals surface area contributed by atoms with Crippen LogP contribution in [0.3, 0.4) is 0 Å². The molecule has 0 aromatic carbocycles. The zero-order chi connectivity index (χ0) is 11.0. The van der Waals surface area contributed by atoms with Crippen LogP contribution >= 0.6 is 0 Å². The highest BCUT2D eigenvalue weighted by Crippen LogP contribution is 2.28. The molecule has 0 bridgehead atoms. The van der Waals surface area contributed by atoms with E-state index in [0.29, 0.717) is 5.52 Å². The van der Waals surface area contributed by atoms with Crippen molar-refractivity contribution < 1.29 is 10.0 Å². The number of nitrogens with one attached hydrogen (secondary N) is 1. The third kappa shape index (κ3) is 1.30.